The first-order valence-corrected chi connectivity index (χ1v) is 17.2. The minimum atomic E-state index is -0.473. The average Bonchev–Trinajstić information content (AvgIpc) is 3.38. The third-order valence-corrected chi connectivity index (χ3v) is 10.3. The molecule has 2 atom stereocenters. The third kappa shape index (κ3) is 10.3. The molecule has 2 heterocycles. The number of ketones is 2. The van der Waals surface area contributed by atoms with Crippen LogP contribution in [-0.2, 0) is 20.8 Å². The highest BCUT2D eigenvalue weighted by Gasteiger charge is 2.28. The smallest absolute Gasteiger partial charge is 0.224 e. The normalized spacial score (nSPS) is 18.5. The van der Waals surface area contributed by atoms with Gasteiger partial charge in [-0.3, -0.25) is 14.5 Å². The van der Waals surface area contributed by atoms with Crippen molar-refractivity contribution in [3.8, 4) is 0 Å². The van der Waals surface area contributed by atoms with Gasteiger partial charge in [-0.25, -0.2) is 4.98 Å². The Morgan fingerprint density at radius 1 is 1.09 bits per heavy atom. The van der Waals surface area contributed by atoms with Crippen molar-refractivity contribution in [1.29, 1.82) is 0 Å². The summed E-state index contributed by atoms with van der Waals surface area (Å²) in [5.41, 5.74) is 2.88. The fourth-order valence-electron chi connectivity index (χ4n) is 6.49. The average molecular weight is 609 g/mol. The number of hydrogen-bond donors (Lipinski definition) is 1. The van der Waals surface area contributed by atoms with Gasteiger partial charge in [-0.15, -0.1) is 11.3 Å². The van der Waals surface area contributed by atoms with Gasteiger partial charge in [0, 0.05) is 63.6 Å². The molecule has 0 unspecified atom stereocenters. The van der Waals surface area contributed by atoms with E-state index in [4.69, 9.17) is 4.98 Å². The summed E-state index contributed by atoms with van der Waals surface area (Å²) in [6, 6.07) is 6.28. The molecule has 43 heavy (non-hydrogen) atoms. The molecule has 0 radical (unpaired) electrons. The van der Waals surface area contributed by atoms with E-state index in [1.54, 1.807) is 18.3 Å². The van der Waals surface area contributed by atoms with Gasteiger partial charge in [0.2, 0.25) is 5.91 Å². The Bertz CT molecular complexity index is 1260. The molecule has 2 aliphatic rings. The SMILES string of the molecule is C=C(CN1CCN(C)CC1)C(=O)CC[C@H](CC1CCCCC1)NC(=O)[C@@H](CC(C)=O)Cc1nc2ccc(C(C)C)cc2s1. The van der Waals surface area contributed by atoms with Crippen molar-refractivity contribution in [2.24, 2.45) is 11.8 Å². The first kappa shape index (κ1) is 33.5. The highest BCUT2D eigenvalue weighted by molar-refractivity contribution is 7.18. The standard InChI is InChI=1S/C35H52N4O3S/c1-24(2)28-11-13-31-33(21-28)43-34(37-31)22-29(19-26(4)40)35(42)36-30(20-27-9-7-6-8-10-27)12-14-32(41)25(3)23-39-17-15-38(5)16-18-39/h11,13,21,24,27,29-30H,3,6-10,12,14-20,22-23H2,1-2,4-5H3,(H,36,42)/t29-,30+/m0/s1. The first-order chi connectivity index (χ1) is 20.6. The monoisotopic (exact) mass is 608 g/mol. The number of nitrogens with zero attached hydrogens (tertiary/aromatic N) is 3. The van der Waals surface area contributed by atoms with Crippen molar-refractivity contribution in [3.63, 3.8) is 0 Å². The summed E-state index contributed by atoms with van der Waals surface area (Å²) in [6.07, 6.45) is 8.61. The molecule has 8 heteroatoms. The van der Waals surface area contributed by atoms with Crippen LogP contribution < -0.4 is 5.32 Å². The molecule has 1 amide bonds. The number of carbonyl (C=O) groups excluding carboxylic acids is 3. The maximum atomic E-state index is 13.8. The second-order valence-electron chi connectivity index (χ2n) is 13.4. The van der Waals surface area contributed by atoms with Crippen molar-refractivity contribution >= 4 is 39.0 Å². The zero-order valence-electron chi connectivity index (χ0n) is 26.8. The van der Waals surface area contributed by atoms with Crippen LogP contribution in [0.2, 0.25) is 0 Å². The van der Waals surface area contributed by atoms with Crippen LogP contribution in [0.25, 0.3) is 10.2 Å². The van der Waals surface area contributed by atoms with Crippen LogP contribution in [0, 0.1) is 11.8 Å². The molecule has 2 fully saturated rings. The zero-order valence-corrected chi connectivity index (χ0v) is 27.6. The summed E-state index contributed by atoms with van der Waals surface area (Å²) in [6.45, 7) is 14.6. The van der Waals surface area contributed by atoms with Crippen LogP contribution in [0.1, 0.15) is 95.0 Å². The van der Waals surface area contributed by atoms with Crippen LogP contribution in [-0.4, -0.2) is 78.1 Å². The van der Waals surface area contributed by atoms with E-state index in [2.05, 4.69) is 60.8 Å². The Labute approximate surface area is 262 Å². The Hall–Kier alpha value is -2.42. The largest absolute Gasteiger partial charge is 0.353 e. The van der Waals surface area contributed by atoms with Crippen LogP contribution >= 0.6 is 11.3 Å². The van der Waals surface area contributed by atoms with Crippen molar-refractivity contribution in [3.05, 3.63) is 40.9 Å². The van der Waals surface area contributed by atoms with Crippen molar-refractivity contribution in [2.45, 2.75) is 96.9 Å². The van der Waals surface area contributed by atoms with Gasteiger partial charge >= 0.3 is 0 Å². The van der Waals surface area contributed by atoms with Gasteiger partial charge in [-0.2, -0.15) is 0 Å². The number of benzene rings is 1. The van der Waals surface area contributed by atoms with Crippen molar-refractivity contribution < 1.29 is 14.4 Å². The molecule has 0 spiro atoms. The topological polar surface area (TPSA) is 82.6 Å². The van der Waals surface area contributed by atoms with Gasteiger partial charge in [0.1, 0.15) is 5.78 Å². The van der Waals surface area contributed by atoms with E-state index in [-0.39, 0.29) is 29.9 Å². The lowest BCUT2D eigenvalue weighted by Crippen LogP contribution is -2.45. The van der Waals surface area contributed by atoms with Crippen LogP contribution in [0.15, 0.2) is 30.4 Å². The van der Waals surface area contributed by atoms with Crippen LogP contribution in [0.5, 0.6) is 0 Å². The first-order valence-electron chi connectivity index (χ1n) is 16.4. The van der Waals surface area contributed by atoms with E-state index in [1.807, 2.05) is 0 Å². The molecule has 1 aromatic carbocycles. The number of nitrogens with one attached hydrogen (secondary N) is 1. The molecule has 0 bridgehead atoms. The maximum Gasteiger partial charge on any atom is 0.224 e. The summed E-state index contributed by atoms with van der Waals surface area (Å²) in [5.74, 6) is 0.526. The fourth-order valence-corrected chi connectivity index (χ4v) is 7.59. The summed E-state index contributed by atoms with van der Waals surface area (Å²) in [4.78, 5) is 48.6. The number of Topliss-reactive ketones (excluding diaryl/α,β-unsaturated/α-hetero) is 2. The minimum absolute atomic E-state index is 0.00238. The number of hydrogen-bond acceptors (Lipinski definition) is 7. The molecule has 236 valence electrons. The van der Waals surface area contributed by atoms with E-state index in [0.717, 1.165) is 47.8 Å². The molecule has 1 saturated carbocycles. The number of carbonyl (C=O) groups is 3. The number of amides is 1. The van der Waals surface area contributed by atoms with E-state index in [9.17, 15) is 14.4 Å². The van der Waals surface area contributed by atoms with E-state index in [0.29, 0.717) is 43.2 Å². The number of fused-ring (bicyclic) bond motifs is 1. The second-order valence-corrected chi connectivity index (χ2v) is 14.5. The number of rotatable bonds is 15. The Balaban J connectivity index is 1.40. The molecule has 1 aliphatic carbocycles. The Kier molecular flexibility index (Phi) is 12.5. The highest BCUT2D eigenvalue weighted by Crippen LogP contribution is 2.30. The van der Waals surface area contributed by atoms with Gasteiger partial charge in [0.25, 0.3) is 0 Å². The third-order valence-electron chi connectivity index (χ3n) is 9.26. The molecule has 2 aromatic rings. The van der Waals surface area contributed by atoms with Gasteiger partial charge in [0.15, 0.2) is 5.78 Å². The summed E-state index contributed by atoms with van der Waals surface area (Å²) < 4.78 is 1.12. The minimum Gasteiger partial charge on any atom is -0.353 e. The predicted octanol–water partition coefficient (Wildman–Crippen LogP) is 6.17. The predicted molar refractivity (Wildman–Crippen MR) is 177 cm³/mol. The number of piperazine rings is 1. The van der Waals surface area contributed by atoms with E-state index >= 15 is 0 Å². The van der Waals surface area contributed by atoms with Gasteiger partial charge in [0.05, 0.1) is 21.1 Å². The van der Waals surface area contributed by atoms with Crippen LogP contribution in [0.3, 0.4) is 0 Å². The lowest BCUT2D eigenvalue weighted by atomic mass is 9.83. The van der Waals surface area contributed by atoms with Crippen molar-refractivity contribution in [2.75, 3.05) is 39.8 Å². The maximum absolute atomic E-state index is 13.8. The van der Waals surface area contributed by atoms with Crippen molar-refractivity contribution in [1.82, 2.24) is 20.1 Å². The van der Waals surface area contributed by atoms with E-state index < -0.39 is 5.92 Å². The summed E-state index contributed by atoms with van der Waals surface area (Å²) in [7, 11) is 2.13. The lowest BCUT2D eigenvalue weighted by Gasteiger charge is -2.32. The Morgan fingerprint density at radius 3 is 2.49 bits per heavy atom. The number of aromatic nitrogens is 1. The molecular formula is C35H52N4O3S. The zero-order chi connectivity index (χ0) is 30.9. The molecule has 1 N–H and O–H groups in total. The van der Waals surface area contributed by atoms with E-state index in [1.165, 1.54) is 37.7 Å². The molecule has 1 saturated heterocycles. The number of thiazole rings is 1. The summed E-state index contributed by atoms with van der Waals surface area (Å²) >= 11 is 1.62. The second kappa shape index (κ2) is 16.1. The molecule has 1 aliphatic heterocycles. The molecular weight excluding hydrogens is 556 g/mol. The summed E-state index contributed by atoms with van der Waals surface area (Å²) in [5, 5.41) is 4.20. The lowest BCUT2D eigenvalue weighted by molar-refractivity contribution is -0.129. The quantitative estimate of drug-likeness (QED) is 0.244. The van der Waals surface area contributed by atoms with Gasteiger partial charge in [-0.05, 0) is 56.3 Å². The van der Waals surface area contributed by atoms with Gasteiger partial charge < -0.3 is 15.0 Å². The molecule has 4 rings (SSSR count). The highest BCUT2D eigenvalue weighted by atomic mass is 32.1. The molecule has 7 nitrogen and oxygen atoms in total. The fraction of sp³-hybridized carbons (Fsp3) is 0.657. The molecule has 1 aromatic heterocycles. The van der Waals surface area contributed by atoms with Crippen LogP contribution in [0.4, 0.5) is 0 Å². The Morgan fingerprint density at radius 2 is 1.81 bits per heavy atom. The van der Waals surface area contributed by atoms with Gasteiger partial charge in [-0.1, -0.05) is 58.6 Å². The number of likely N-dealkylation sites (N-methyl/N-ethyl adjacent to an activating group) is 1.